The SMILES string of the molecule is CCOC(=O)c1c(NC(=O)COc2ccc(-n3cnnn3)cc2)sc(C)c1CC. The minimum absolute atomic E-state index is 0.190. The van der Waals surface area contributed by atoms with Crippen molar-refractivity contribution in [1.29, 1.82) is 0 Å². The maximum absolute atomic E-state index is 12.4. The molecule has 152 valence electrons. The van der Waals surface area contributed by atoms with Gasteiger partial charge >= 0.3 is 5.97 Å². The molecule has 10 heteroatoms. The predicted octanol–water partition coefficient (Wildman–Crippen LogP) is 2.79. The summed E-state index contributed by atoms with van der Waals surface area (Å²) in [4.78, 5) is 25.7. The van der Waals surface area contributed by atoms with Crippen molar-refractivity contribution in [3.8, 4) is 11.4 Å². The minimum Gasteiger partial charge on any atom is -0.484 e. The Morgan fingerprint density at radius 3 is 2.59 bits per heavy atom. The summed E-state index contributed by atoms with van der Waals surface area (Å²) in [7, 11) is 0. The smallest absolute Gasteiger partial charge is 0.341 e. The molecule has 0 spiro atoms. The summed E-state index contributed by atoms with van der Waals surface area (Å²) >= 11 is 1.36. The number of hydrogen-bond donors (Lipinski definition) is 1. The highest BCUT2D eigenvalue weighted by Crippen LogP contribution is 2.34. The van der Waals surface area contributed by atoms with Crippen LogP contribution in [0.4, 0.5) is 5.00 Å². The van der Waals surface area contributed by atoms with Crippen molar-refractivity contribution in [2.75, 3.05) is 18.5 Å². The number of amides is 1. The topological polar surface area (TPSA) is 108 Å². The van der Waals surface area contributed by atoms with E-state index in [1.165, 1.54) is 22.3 Å². The lowest BCUT2D eigenvalue weighted by Crippen LogP contribution is -2.21. The lowest BCUT2D eigenvalue weighted by molar-refractivity contribution is -0.118. The fourth-order valence-electron chi connectivity index (χ4n) is 2.80. The normalized spacial score (nSPS) is 10.6. The number of carbonyl (C=O) groups is 2. The van der Waals surface area contributed by atoms with Gasteiger partial charge in [-0.25, -0.2) is 9.48 Å². The summed E-state index contributed by atoms with van der Waals surface area (Å²) in [6.07, 6.45) is 2.16. The molecule has 0 aliphatic rings. The van der Waals surface area contributed by atoms with E-state index in [9.17, 15) is 9.59 Å². The van der Waals surface area contributed by atoms with Crippen molar-refractivity contribution in [2.24, 2.45) is 0 Å². The number of esters is 1. The molecule has 2 heterocycles. The number of benzene rings is 1. The zero-order valence-electron chi connectivity index (χ0n) is 16.3. The first-order valence-corrected chi connectivity index (χ1v) is 9.90. The Morgan fingerprint density at radius 2 is 1.97 bits per heavy atom. The van der Waals surface area contributed by atoms with Gasteiger partial charge in [-0.3, -0.25) is 4.79 Å². The third-order valence-corrected chi connectivity index (χ3v) is 5.18. The number of nitrogens with zero attached hydrogens (tertiary/aromatic N) is 4. The van der Waals surface area contributed by atoms with Gasteiger partial charge in [-0.05, 0) is 60.5 Å². The lowest BCUT2D eigenvalue weighted by Gasteiger charge is -2.09. The number of ether oxygens (including phenoxy) is 2. The molecule has 3 aromatic rings. The molecular formula is C19H21N5O4S. The van der Waals surface area contributed by atoms with E-state index >= 15 is 0 Å². The van der Waals surface area contributed by atoms with Crippen LogP contribution in [-0.4, -0.2) is 45.3 Å². The maximum Gasteiger partial charge on any atom is 0.341 e. The third-order valence-electron chi connectivity index (χ3n) is 4.12. The molecule has 3 rings (SSSR count). The van der Waals surface area contributed by atoms with Crippen molar-refractivity contribution in [1.82, 2.24) is 20.2 Å². The number of carbonyl (C=O) groups excluding carboxylic acids is 2. The van der Waals surface area contributed by atoms with E-state index in [0.717, 1.165) is 16.1 Å². The van der Waals surface area contributed by atoms with E-state index in [4.69, 9.17) is 9.47 Å². The molecule has 9 nitrogen and oxygen atoms in total. The Hall–Kier alpha value is -3.27. The van der Waals surface area contributed by atoms with Gasteiger partial charge in [-0.15, -0.1) is 16.4 Å². The van der Waals surface area contributed by atoms with Crippen molar-refractivity contribution in [2.45, 2.75) is 27.2 Å². The molecule has 0 fully saturated rings. The van der Waals surface area contributed by atoms with E-state index in [-0.39, 0.29) is 19.1 Å². The number of tetrazole rings is 1. The predicted molar refractivity (Wildman–Crippen MR) is 108 cm³/mol. The molecule has 1 amide bonds. The molecule has 0 atom stereocenters. The van der Waals surface area contributed by atoms with Crippen LogP contribution in [0.1, 0.15) is 34.6 Å². The number of anilines is 1. The molecule has 0 aliphatic carbocycles. The molecule has 0 saturated carbocycles. The van der Waals surface area contributed by atoms with Gasteiger partial charge in [0, 0.05) is 4.88 Å². The van der Waals surface area contributed by atoms with Crippen LogP contribution in [0.25, 0.3) is 5.69 Å². The van der Waals surface area contributed by atoms with Gasteiger partial charge in [0.15, 0.2) is 6.61 Å². The summed E-state index contributed by atoms with van der Waals surface area (Å²) in [5.41, 5.74) is 2.09. The van der Waals surface area contributed by atoms with Crippen LogP contribution >= 0.6 is 11.3 Å². The van der Waals surface area contributed by atoms with Gasteiger partial charge in [0.25, 0.3) is 5.91 Å². The molecule has 1 N–H and O–H groups in total. The number of rotatable bonds is 8. The highest BCUT2D eigenvalue weighted by molar-refractivity contribution is 7.16. The van der Waals surface area contributed by atoms with Crippen molar-refractivity contribution in [3.05, 3.63) is 46.6 Å². The zero-order chi connectivity index (χ0) is 20.8. The minimum atomic E-state index is -0.428. The second kappa shape index (κ2) is 9.28. The first kappa shape index (κ1) is 20.5. The van der Waals surface area contributed by atoms with Crippen LogP contribution in [0.3, 0.4) is 0 Å². The fraction of sp³-hybridized carbons (Fsp3) is 0.316. The number of hydrogen-bond acceptors (Lipinski definition) is 8. The van der Waals surface area contributed by atoms with Gasteiger partial charge in [0.2, 0.25) is 0 Å². The molecule has 0 radical (unpaired) electrons. The van der Waals surface area contributed by atoms with E-state index in [1.807, 2.05) is 13.8 Å². The van der Waals surface area contributed by atoms with Crippen LogP contribution in [-0.2, 0) is 16.0 Å². The standard InChI is InChI=1S/C19H21N5O4S/c1-4-15-12(3)29-18(17(15)19(26)27-5-2)21-16(25)10-28-14-8-6-13(7-9-14)24-11-20-22-23-24/h6-9,11H,4-5,10H2,1-3H3,(H,21,25). The summed E-state index contributed by atoms with van der Waals surface area (Å²) in [6.45, 7) is 5.72. The summed E-state index contributed by atoms with van der Waals surface area (Å²) < 4.78 is 12.2. The van der Waals surface area contributed by atoms with Gasteiger partial charge in [-0.1, -0.05) is 6.92 Å². The van der Waals surface area contributed by atoms with Crippen molar-refractivity contribution >= 4 is 28.2 Å². The van der Waals surface area contributed by atoms with E-state index in [0.29, 0.717) is 22.7 Å². The Labute approximate surface area is 171 Å². The van der Waals surface area contributed by atoms with Gasteiger partial charge in [-0.2, -0.15) is 0 Å². The maximum atomic E-state index is 12.4. The van der Waals surface area contributed by atoms with Crippen LogP contribution in [0.2, 0.25) is 0 Å². The molecule has 29 heavy (non-hydrogen) atoms. The molecular weight excluding hydrogens is 394 g/mol. The monoisotopic (exact) mass is 415 g/mol. The molecule has 0 bridgehead atoms. The van der Waals surface area contributed by atoms with Gasteiger partial charge < -0.3 is 14.8 Å². The summed E-state index contributed by atoms with van der Waals surface area (Å²) in [6, 6.07) is 6.99. The second-order valence-corrected chi connectivity index (χ2v) is 7.22. The van der Waals surface area contributed by atoms with Crippen LogP contribution in [0.5, 0.6) is 5.75 Å². The number of nitrogens with one attached hydrogen (secondary N) is 1. The molecule has 0 saturated heterocycles. The number of thiophene rings is 1. The Kier molecular flexibility index (Phi) is 6.55. The van der Waals surface area contributed by atoms with Crippen LogP contribution in [0.15, 0.2) is 30.6 Å². The largest absolute Gasteiger partial charge is 0.484 e. The number of aromatic nitrogens is 4. The van der Waals surface area contributed by atoms with Crippen molar-refractivity contribution < 1.29 is 19.1 Å². The van der Waals surface area contributed by atoms with Crippen molar-refractivity contribution in [3.63, 3.8) is 0 Å². The lowest BCUT2D eigenvalue weighted by atomic mass is 10.1. The highest BCUT2D eigenvalue weighted by Gasteiger charge is 2.23. The summed E-state index contributed by atoms with van der Waals surface area (Å²) in [5, 5.41) is 14.2. The first-order chi connectivity index (χ1) is 14.0. The molecule has 0 unspecified atom stereocenters. The quantitative estimate of drug-likeness (QED) is 0.564. The Bertz CT molecular complexity index is 983. The van der Waals surface area contributed by atoms with E-state index in [2.05, 4.69) is 20.8 Å². The van der Waals surface area contributed by atoms with Gasteiger partial charge in [0.05, 0.1) is 17.9 Å². The van der Waals surface area contributed by atoms with E-state index < -0.39 is 5.97 Å². The zero-order valence-corrected chi connectivity index (χ0v) is 17.2. The highest BCUT2D eigenvalue weighted by atomic mass is 32.1. The van der Waals surface area contributed by atoms with Crippen LogP contribution < -0.4 is 10.1 Å². The third kappa shape index (κ3) is 4.77. The number of aryl methyl sites for hydroxylation is 1. The fourth-order valence-corrected chi connectivity index (χ4v) is 3.95. The average molecular weight is 415 g/mol. The Balaban J connectivity index is 1.64. The average Bonchev–Trinajstić information content (AvgIpc) is 3.35. The molecule has 0 aliphatic heterocycles. The Morgan fingerprint density at radius 1 is 1.21 bits per heavy atom. The summed E-state index contributed by atoms with van der Waals surface area (Å²) in [5.74, 6) is -0.258. The second-order valence-electron chi connectivity index (χ2n) is 6.00. The van der Waals surface area contributed by atoms with Gasteiger partial charge in [0.1, 0.15) is 17.1 Å². The van der Waals surface area contributed by atoms with Crippen LogP contribution in [0, 0.1) is 6.92 Å². The molecule has 1 aromatic carbocycles. The molecule has 2 aromatic heterocycles. The van der Waals surface area contributed by atoms with E-state index in [1.54, 1.807) is 31.2 Å². The first-order valence-electron chi connectivity index (χ1n) is 9.08.